The maximum Gasteiger partial charge on any atom is 0.184 e. The van der Waals surface area contributed by atoms with Crippen LogP contribution in [0.2, 0.25) is 0 Å². The van der Waals surface area contributed by atoms with Gasteiger partial charge in [0, 0.05) is 17.1 Å². The second-order valence-corrected chi connectivity index (χ2v) is 6.11. The third kappa shape index (κ3) is 2.77. The molecule has 0 amide bonds. The SMILES string of the molecule is Bc1cc(C2OCCO2)c2cc(Cc3ccccc3)cnc2c1O. The molecule has 3 aromatic rings. The summed E-state index contributed by atoms with van der Waals surface area (Å²) in [7, 11) is 1.87. The Balaban J connectivity index is 1.82. The van der Waals surface area contributed by atoms with Crippen molar-refractivity contribution in [3.05, 3.63) is 65.4 Å². The molecule has 2 aromatic carbocycles. The highest BCUT2D eigenvalue weighted by atomic mass is 16.7. The van der Waals surface area contributed by atoms with Gasteiger partial charge in [-0.1, -0.05) is 36.4 Å². The minimum atomic E-state index is -0.388. The highest BCUT2D eigenvalue weighted by Crippen LogP contribution is 2.33. The van der Waals surface area contributed by atoms with Crippen LogP contribution in [0.1, 0.15) is 23.0 Å². The summed E-state index contributed by atoms with van der Waals surface area (Å²) >= 11 is 0. The molecule has 1 aliphatic rings. The van der Waals surface area contributed by atoms with Gasteiger partial charge in [-0.05, 0) is 29.1 Å². The Morgan fingerprint density at radius 3 is 2.58 bits per heavy atom. The number of hydrogen-bond donors (Lipinski definition) is 1. The van der Waals surface area contributed by atoms with Gasteiger partial charge in [0.2, 0.25) is 0 Å². The number of phenols is 1. The molecule has 120 valence electrons. The van der Waals surface area contributed by atoms with E-state index in [0.717, 1.165) is 28.4 Å². The van der Waals surface area contributed by atoms with Crippen LogP contribution >= 0.6 is 0 Å². The number of nitrogens with zero attached hydrogens (tertiary/aromatic N) is 1. The van der Waals surface area contributed by atoms with E-state index in [9.17, 15) is 5.11 Å². The van der Waals surface area contributed by atoms with E-state index in [4.69, 9.17) is 9.47 Å². The number of phenolic OH excluding ortho intramolecular Hbond substituents is 1. The number of aromatic hydroxyl groups is 1. The molecular weight excluding hydrogens is 301 g/mol. The molecule has 1 saturated heterocycles. The number of hydrogen-bond acceptors (Lipinski definition) is 4. The zero-order chi connectivity index (χ0) is 16.5. The highest BCUT2D eigenvalue weighted by molar-refractivity contribution is 6.35. The summed E-state index contributed by atoms with van der Waals surface area (Å²) in [6, 6.07) is 14.3. The molecule has 4 nitrogen and oxygen atoms in total. The van der Waals surface area contributed by atoms with E-state index in [0.29, 0.717) is 18.7 Å². The van der Waals surface area contributed by atoms with E-state index in [1.54, 1.807) is 0 Å². The van der Waals surface area contributed by atoms with E-state index in [-0.39, 0.29) is 12.0 Å². The topological polar surface area (TPSA) is 51.6 Å². The van der Waals surface area contributed by atoms with Crippen LogP contribution in [0.25, 0.3) is 10.9 Å². The first-order valence-electron chi connectivity index (χ1n) is 8.10. The summed E-state index contributed by atoms with van der Waals surface area (Å²) in [4.78, 5) is 4.51. The Labute approximate surface area is 141 Å². The van der Waals surface area contributed by atoms with E-state index in [1.807, 2.05) is 38.3 Å². The van der Waals surface area contributed by atoms with Gasteiger partial charge in [0.15, 0.2) is 6.29 Å². The van der Waals surface area contributed by atoms with Crippen LogP contribution in [0.4, 0.5) is 0 Å². The van der Waals surface area contributed by atoms with Gasteiger partial charge in [-0.25, -0.2) is 0 Å². The lowest BCUT2D eigenvalue weighted by atomic mass is 9.89. The van der Waals surface area contributed by atoms with Crippen molar-refractivity contribution in [1.82, 2.24) is 4.98 Å². The first-order chi connectivity index (χ1) is 11.7. The molecule has 0 saturated carbocycles. The molecule has 1 aromatic heterocycles. The fourth-order valence-corrected chi connectivity index (χ4v) is 3.14. The smallest absolute Gasteiger partial charge is 0.184 e. The second kappa shape index (κ2) is 6.26. The number of ether oxygens (including phenoxy) is 2. The Kier molecular flexibility index (Phi) is 3.96. The molecule has 2 heterocycles. The minimum Gasteiger partial charge on any atom is -0.506 e. The highest BCUT2D eigenvalue weighted by Gasteiger charge is 2.23. The van der Waals surface area contributed by atoms with Crippen LogP contribution in [-0.2, 0) is 15.9 Å². The van der Waals surface area contributed by atoms with Crippen molar-refractivity contribution in [3.63, 3.8) is 0 Å². The molecule has 0 radical (unpaired) electrons. The average molecular weight is 319 g/mol. The van der Waals surface area contributed by atoms with E-state index >= 15 is 0 Å². The van der Waals surface area contributed by atoms with E-state index in [2.05, 4.69) is 23.2 Å². The molecule has 0 atom stereocenters. The zero-order valence-electron chi connectivity index (χ0n) is 13.5. The lowest BCUT2D eigenvalue weighted by Crippen LogP contribution is -2.10. The zero-order valence-corrected chi connectivity index (χ0v) is 13.5. The Morgan fingerprint density at radius 2 is 1.83 bits per heavy atom. The molecule has 24 heavy (non-hydrogen) atoms. The molecule has 0 aliphatic carbocycles. The normalized spacial score (nSPS) is 15.2. The molecule has 0 spiro atoms. The van der Waals surface area contributed by atoms with Crippen LogP contribution < -0.4 is 5.46 Å². The number of fused-ring (bicyclic) bond motifs is 1. The van der Waals surface area contributed by atoms with Crippen LogP contribution in [0, 0.1) is 0 Å². The molecular formula is C19H18BNO3. The maximum absolute atomic E-state index is 10.4. The average Bonchev–Trinajstić information content (AvgIpc) is 3.13. The summed E-state index contributed by atoms with van der Waals surface area (Å²) in [6.45, 7) is 1.17. The van der Waals surface area contributed by atoms with Crippen molar-refractivity contribution in [2.45, 2.75) is 12.7 Å². The van der Waals surface area contributed by atoms with Crippen LogP contribution in [-0.4, -0.2) is 31.2 Å². The van der Waals surface area contributed by atoms with Crippen molar-refractivity contribution in [2.75, 3.05) is 13.2 Å². The minimum absolute atomic E-state index is 0.220. The van der Waals surface area contributed by atoms with Crippen molar-refractivity contribution in [2.24, 2.45) is 0 Å². The largest absolute Gasteiger partial charge is 0.506 e. The molecule has 0 bridgehead atoms. The lowest BCUT2D eigenvalue weighted by molar-refractivity contribution is -0.0429. The van der Waals surface area contributed by atoms with Gasteiger partial charge in [-0.2, -0.15) is 0 Å². The molecule has 4 rings (SSSR count). The van der Waals surface area contributed by atoms with Gasteiger partial charge in [0.05, 0.1) is 13.2 Å². The van der Waals surface area contributed by atoms with Gasteiger partial charge >= 0.3 is 0 Å². The monoisotopic (exact) mass is 319 g/mol. The van der Waals surface area contributed by atoms with Gasteiger partial charge in [-0.15, -0.1) is 0 Å². The molecule has 1 N–H and O–H groups in total. The number of rotatable bonds is 3. The van der Waals surface area contributed by atoms with Crippen LogP contribution in [0.5, 0.6) is 5.75 Å². The first kappa shape index (κ1) is 15.2. The fraction of sp³-hybridized carbons (Fsp3) is 0.211. The van der Waals surface area contributed by atoms with Crippen LogP contribution in [0.15, 0.2) is 48.7 Å². The van der Waals surface area contributed by atoms with Gasteiger partial charge in [0.25, 0.3) is 0 Å². The number of aromatic nitrogens is 1. The van der Waals surface area contributed by atoms with Gasteiger partial charge < -0.3 is 14.6 Å². The summed E-state index contributed by atoms with van der Waals surface area (Å²) < 4.78 is 11.3. The second-order valence-electron chi connectivity index (χ2n) is 6.11. The van der Waals surface area contributed by atoms with E-state index in [1.165, 1.54) is 5.56 Å². The Morgan fingerprint density at radius 1 is 1.08 bits per heavy atom. The van der Waals surface area contributed by atoms with Crippen molar-refractivity contribution in [3.8, 4) is 5.75 Å². The van der Waals surface area contributed by atoms with Gasteiger partial charge in [-0.3, -0.25) is 4.98 Å². The molecule has 0 unspecified atom stereocenters. The standard InChI is InChI=1S/C19H18BNO3/c20-16-10-15(19-23-6-7-24-19)14-9-13(11-21-17(14)18(16)22)8-12-4-2-1-3-5-12/h1-5,9-11,19,22H,6-8,20H2. The fourth-order valence-electron chi connectivity index (χ4n) is 3.14. The third-order valence-electron chi connectivity index (χ3n) is 4.35. The summed E-state index contributed by atoms with van der Waals surface area (Å²) in [6.07, 6.45) is 2.24. The summed E-state index contributed by atoms with van der Waals surface area (Å²) in [5, 5.41) is 11.2. The molecule has 1 fully saturated rings. The quantitative estimate of drug-likeness (QED) is 0.749. The summed E-state index contributed by atoms with van der Waals surface area (Å²) in [5.41, 5.74) is 4.63. The predicted molar refractivity (Wildman–Crippen MR) is 95.5 cm³/mol. The van der Waals surface area contributed by atoms with Crippen molar-refractivity contribution >= 4 is 24.2 Å². The molecule has 1 aliphatic heterocycles. The Hall–Kier alpha value is -2.37. The van der Waals surface area contributed by atoms with Crippen molar-refractivity contribution in [1.29, 1.82) is 0 Å². The number of benzene rings is 2. The first-order valence-corrected chi connectivity index (χ1v) is 8.10. The third-order valence-corrected chi connectivity index (χ3v) is 4.35. The molecule has 5 heteroatoms. The van der Waals surface area contributed by atoms with Gasteiger partial charge in [0.1, 0.15) is 19.1 Å². The number of pyridine rings is 1. The van der Waals surface area contributed by atoms with E-state index < -0.39 is 0 Å². The lowest BCUT2D eigenvalue weighted by Gasteiger charge is -2.16. The predicted octanol–water partition coefficient (Wildman–Crippen LogP) is 1.83. The summed E-state index contributed by atoms with van der Waals surface area (Å²) in [5.74, 6) is 0.220. The van der Waals surface area contributed by atoms with Crippen LogP contribution in [0.3, 0.4) is 0 Å². The maximum atomic E-state index is 10.4. The Bertz CT molecular complexity index is 877. The van der Waals surface area contributed by atoms with Crippen molar-refractivity contribution < 1.29 is 14.6 Å².